The Morgan fingerprint density at radius 2 is 2.13 bits per heavy atom. The molecule has 0 aromatic carbocycles. The van der Waals surface area contributed by atoms with Crippen LogP contribution in [-0.4, -0.2) is 20.1 Å². The summed E-state index contributed by atoms with van der Waals surface area (Å²) in [6.45, 7) is 3.42. The average molecular weight is 221 g/mol. The summed E-state index contributed by atoms with van der Waals surface area (Å²) in [4.78, 5) is 12.4. The quantitative estimate of drug-likeness (QED) is 0.840. The highest BCUT2D eigenvalue weighted by Gasteiger charge is 2.20. The van der Waals surface area contributed by atoms with Crippen LogP contribution in [0.2, 0.25) is 0 Å². The fourth-order valence-electron chi connectivity index (χ4n) is 1.08. The zero-order chi connectivity index (χ0) is 10.9. The first-order chi connectivity index (χ1) is 7.07. The van der Waals surface area contributed by atoms with Crippen LogP contribution in [0.4, 0.5) is 0 Å². The minimum absolute atomic E-state index is 0.660. The molecule has 0 bridgehead atoms. The minimum atomic E-state index is -0.906. The largest absolute Gasteiger partial charge is 0.384 e. The number of aromatic nitrogens is 3. The molecule has 2 aromatic heterocycles. The van der Waals surface area contributed by atoms with E-state index in [0.717, 1.165) is 10.7 Å². The molecule has 78 valence electrons. The third-order valence-electron chi connectivity index (χ3n) is 1.91. The maximum Gasteiger partial charge on any atom is 0.143 e. The Morgan fingerprint density at radius 1 is 1.33 bits per heavy atom. The van der Waals surface area contributed by atoms with Gasteiger partial charge in [-0.05, 0) is 13.8 Å². The molecular weight excluding hydrogens is 210 g/mol. The van der Waals surface area contributed by atoms with Crippen LogP contribution in [0.5, 0.6) is 0 Å². The first-order valence-corrected chi connectivity index (χ1v) is 5.40. The Labute approximate surface area is 91.7 Å². The second-order valence-corrected chi connectivity index (χ2v) is 4.55. The molecule has 0 aliphatic heterocycles. The summed E-state index contributed by atoms with van der Waals surface area (Å²) in [6, 6.07) is 0. The monoisotopic (exact) mass is 221 g/mol. The molecule has 0 saturated heterocycles. The highest BCUT2D eigenvalue weighted by molar-refractivity contribution is 7.13. The molecule has 2 rings (SSSR count). The summed E-state index contributed by atoms with van der Waals surface area (Å²) in [7, 11) is 0. The number of hydrogen-bond acceptors (Lipinski definition) is 5. The summed E-state index contributed by atoms with van der Waals surface area (Å²) >= 11 is 1.46. The van der Waals surface area contributed by atoms with Gasteiger partial charge in [0.15, 0.2) is 0 Å². The lowest BCUT2D eigenvalue weighted by molar-refractivity contribution is 0.0746. The van der Waals surface area contributed by atoms with E-state index in [1.165, 1.54) is 11.3 Å². The molecule has 0 fully saturated rings. The van der Waals surface area contributed by atoms with E-state index in [2.05, 4.69) is 15.0 Å². The minimum Gasteiger partial charge on any atom is -0.384 e. The van der Waals surface area contributed by atoms with Crippen molar-refractivity contribution in [3.8, 4) is 10.7 Å². The molecule has 15 heavy (non-hydrogen) atoms. The summed E-state index contributed by atoms with van der Waals surface area (Å²) in [5.74, 6) is 0. The van der Waals surface area contributed by atoms with Crippen molar-refractivity contribution >= 4 is 11.3 Å². The van der Waals surface area contributed by atoms with Gasteiger partial charge in [0.25, 0.3) is 0 Å². The van der Waals surface area contributed by atoms with Gasteiger partial charge in [-0.3, -0.25) is 9.97 Å². The van der Waals surface area contributed by atoms with Crippen LogP contribution in [0, 0.1) is 0 Å². The SMILES string of the molecule is CC(C)(O)c1csc(-c2cnccn2)n1. The number of aliphatic hydroxyl groups is 1. The van der Waals surface area contributed by atoms with E-state index in [1.54, 1.807) is 32.4 Å². The fourth-order valence-corrected chi connectivity index (χ4v) is 2.02. The second-order valence-electron chi connectivity index (χ2n) is 3.69. The van der Waals surface area contributed by atoms with Crippen LogP contribution in [0.3, 0.4) is 0 Å². The second kappa shape index (κ2) is 3.67. The Bertz CT molecular complexity index is 447. The number of rotatable bonds is 2. The molecule has 0 atom stereocenters. The average Bonchev–Trinajstić information content (AvgIpc) is 2.67. The molecular formula is C10H11N3OS. The van der Waals surface area contributed by atoms with E-state index >= 15 is 0 Å². The number of nitrogens with zero attached hydrogens (tertiary/aromatic N) is 3. The standard InChI is InChI=1S/C10H11N3OS/c1-10(2,14)8-6-15-9(13-8)7-5-11-3-4-12-7/h3-6,14H,1-2H3. The highest BCUT2D eigenvalue weighted by Crippen LogP contribution is 2.26. The Hall–Kier alpha value is -1.33. The zero-order valence-corrected chi connectivity index (χ0v) is 9.32. The van der Waals surface area contributed by atoms with Crippen LogP contribution in [0.25, 0.3) is 10.7 Å². The van der Waals surface area contributed by atoms with Crippen LogP contribution in [0.1, 0.15) is 19.5 Å². The van der Waals surface area contributed by atoms with Crippen molar-refractivity contribution in [3.63, 3.8) is 0 Å². The van der Waals surface area contributed by atoms with E-state index < -0.39 is 5.60 Å². The summed E-state index contributed by atoms with van der Waals surface area (Å²) in [5, 5.41) is 12.4. The molecule has 2 aromatic rings. The zero-order valence-electron chi connectivity index (χ0n) is 8.51. The van der Waals surface area contributed by atoms with Crippen LogP contribution >= 0.6 is 11.3 Å². The van der Waals surface area contributed by atoms with Crippen molar-refractivity contribution in [2.24, 2.45) is 0 Å². The summed E-state index contributed by atoms with van der Waals surface area (Å²) < 4.78 is 0. The topological polar surface area (TPSA) is 58.9 Å². The molecule has 0 saturated carbocycles. The molecule has 0 spiro atoms. The first-order valence-electron chi connectivity index (χ1n) is 4.52. The van der Waals surface area contributed by atoms with Crippen LogP contribution in [0.15, 0.2) is 24.0 Å². The van der Waals surface area contributed by atoms with E-state index in [1.807, 2.05) is 5.38 Å². The predicted molar refractivity (Wildman–Crippen MR) is 58.4 cm³/mol. The van der Waals surface area contributed by atoms with E-state index in [0.29, 0.717) is 5.69 Å². The lowest BCUT2D eigenvalue weighted by Crippen LogP contribution is -2.15. The van der Waals surface area contributed by atoms with Crippen LogP contribution in [-0.2, 0) is 5.60 Å². The Kier molecular flexibility index (Phi) is 2.50. The summed E-state index contributed by atoms with van der Waals surface area (Å²) in [5.41, 5.74) is 0.489. The molecule has 0 unspecified atom stereocenters. The van der Waals surface area contributed by atoms with Gasteiger partial charge >= 0.3 is 0 Å². The van der Waals surface area contributed by atoms with Gasteiger partial charge in [-0.25, -0.2) is 4.98 Å². The molecule has 0 aliphatic carbocycles. The molecule has 0 radical (unpaired) electrons. The lowest BCUT2D eigenvalue weighted by Gasteiger charge is -2.12. The Morgan fingerprint density at radius 3 is 2.67 bits per heavy atom. The Balaban J connectivity index is 2.37. The van der Waals surface area contributed by atoms with Crippen molar-refractivity contribution in [2.45, 2.75) is 19.4 Å². The lowest BCUT2D eigenvalue weighted by atomic mass is 10.1. The number of hydrogen-bond donors (Lipinski definition) is 1. The van der Waals surface area contributed by atoms with Crippen molar-refractivity contribution in [1.82, 2.24) is 15.0 Å². The van der Waals surface area contributed by atoms with Gasteiger partial charge in [-0.1, -0.05) is 0 Å². The van der Waals surface area contributed by atoms with Gasteiger partial charge in [0.1, 0.15) is 16.3 Å². The van der Waals surface area contributed by atoms with Crippen molar-refractivity contribution < 1.29 is 5.11 Å². The first kappa shape index (κ1) is 10.2. The molecule has 0 amide bonds. The maximum absolute atomic E-state index is 9.76. The fraction of sp³-hybridized carbons (Fsp3) is 0.300. The van der Waals surface area contributed by atoms with E-state index in [4.69, 9.17) is 0 Å². The molecule has 4 nitrogen and oxygen atoms in total. The van der Waals surface area contributed by atoms with Gasteiger partial charge in [-0.15, -0.1) is 11.3 Å². The number of thiazole rings is 1. The van der Waals surface area contributed by atoms with Crippen LogP contribution < -0.4 is 0 Å². The maximum atomic E-state index is 9.76. The summed E-state index contributed by atoms with van der Waals surface area (Å²) in [6.07, 6.45) is 4.90. The molecule has 1 N–H and O–H groups in total. The van der Waals surface area contributed by atoms with Gasteiger partial charge in [0.2, 0.25) is 0 Å². The van der Waals surface area contributed by atoms with Crippen molar-refractivity contribution in [2.75, 3.05) is 0 Å². The van der Waals surface area contributed by atoms with Gasteiger partial charge in [0, 0.05) is 17.8 Å². The third-order valence-corrected chi connectivity index (χ3v) is 2.78. The highest BCUT2D eigenvalue weighted by atomic mass is 32.1. The molecule has 2 heterocycles. The molecule has 5 heteroatoms. The van der Waals surface area contributed by atoms with Gasteiger partial charge in [-0.2, -0.15) is 0 Å². The third kappa shape index (κ3) is 2.19. The molecule has 0 aliphatic rings. The van der Waals surface area contributed by atoms with Crippen molar-refractivity contribution in [1.29, 1.82) is 0 Å². The normalized spacial score (nSPS) is 11.7. The predicted octanol–water partition coefficient (Wildman–Crippen LogP) is 1.83. The van der Waals surface area contributed by atoms with Gasteiger partial charge in [0.05, 0.1) is 11.9 Å². The van der Waals surface area contributed by atoms with Crippen molar-refractivity contribution in [3.05, 3.63) is 29.7 Å². The van der Waals surface area contributed by atoms with E-state index in [-0.39, 0.29) is 0 Å². The van der Waals surface area contributed by atoms with E-state index in [9.17, 15) is 5.11 Å². The van der Waals surface area contributed by atoms with Gasteiger partial charge < -0.3 is 5.11 Å². The smallest absolute Gasteiger partial charge is 0.143 e.